The molecular weight excluding hydrogens is 453 g/mol. The molecule has 0 radical (unpaired) electrons. The van der Waals surface area contributed by atoms with Crippen molar-refractivity contribution in [1.82, 2.24) is 15.5 Å². The maximum Gasteiger partial charge on any atom is 0.230 e. The Labute approximate surface area is 203 Å². The highest BCUT2D eigenvalue weighted by molar-refractivity contribution is 7.99. The van der Waals surface area contributed by atoms with Gasteiger partial charge in [-0.25, -0.2) is 4.39 Å². The second-order valence-electron chi connectivity index (χ2n) is 7.80. The Morgan fingerprint density at radius 1 is 1.00 bits per heavy atom. The molecule has 1 saturated heterocycles. The Kier molecular flexibility index (Phi) is 8.19. The standard InChI is InChI=1S/C25H28FN5O2S/c1-2-33-22-6-4-3-5-21(22)30-13-15-31(16-14-30)23-11-12-25(29-28-23)34-18-24(32)27-17-19-7-9-20(26)10-8-19/h3-12H,2,13-18H2,1H3,(H,27,32). The zero-order valence-corrected chi connectivity index (χ0v) is 19.9. The van der Waals surface area contributed by atoms with Crippen LogP contribution < -0.4 is 19.9 Å². The molecule has 3 aromatic rings. The molecule has 0 bridgehead atoms. The van der Waals surface area contributed by atoms with Crippen molar-refractivity contribution in [3.05, 3.63) is 72.0 Å². The molecule has 4 rings (SSSR count). The lowest BCUT2D eigenvalue weighted by atomic mass is 10.2. The van der Waals surface area contributed by atoms with Crippen molar-refractivity contribution in [3.8, 4) is 5.75 Å². The van der Waals surface area contributed by atoms with Gasteiger partial charge in [-0.2, -0.15) is 0 Å². The predicted octanol–water partition coefficient (Wildman–Crippen LogP) is 3.75. The van der Waals surface area contributed by atoms with E-state index in [1.54, 1.807) is 12.1 Å². The molecule has 0 aliphatic carbocycles. The van der Waals surface area contributed by atoms with Crippen LogP contribution in [-0.2, 0) is 11.3 Å². The fourth-order valence-electron chi connectivity index (χ4n) is 3.72. The van der Waals surface area contributed by atoms with Crippen molar-refractivity contribution in [3.63, 3.8) is 0 Å². The number of hydrogen-bond donors (Lipinski definition) is 1. The minimum atomic E-state index is -0.290. The fourth-order valence-corrected chi connectivity index (χ4v) is 4.37. The number of carbonyl (C=O) groups is 1. The summed E-state index contributed by atoms with van der Waals surface area (Å²) in [6, 6.07) is 18.1. The van der Waals surface area contributed by atoms with E-state index in [0.717, 1.165) is 49.0 Å². The number of thioether (sulfide) groups is 1. The van der Waals surface area contributed by atoms with Crippen LogP contribution in [0.3, 0.4) is 0 Å². The van der Waals surface area contributed by atoms with Gasteiger partial charge in [0.15, 0.2) is 5.82 Å². The predicted molar refractivity (Wildman–Crippen MR) is 133 cm³/mol. The van der Waals surface area contributed by atoms with E-state index in [-0.39, 0.29) is 17.5 Å². The van der Waals surface area contributed by atoms with E-state index in [0.29, 0.717) is 18.2 Å². The molecule has 0 saturated carbocycles. The minimum Gasteiger partial charge on any atom is -0.492 e. The van der Waals surface area contributed by atoms with Crippen molar-refractivity contribution >= 4 is 29.2 Å². The van der Waals surface area contributed by atoms with Crippen LogP contribution >= 0.6 is 11.8 Å². The normalized spacial score (nSPS) is 13.6. The minimum absolute atomic E-state index is 0.108. The molecule has 0 spiro atoms. The van der Waals surface area contributed by atoms with Crippen LogP contribution in [-0.4, -0.2) is 54.6 Å². The first kappa shape index (κ1) is 23.8. The largest absolute Gasteiger partial charge is 0.492 e. The van der Waals surface area contributed by atoms with Gasteiger partial charge in [0.05, 0.1) is 18.0 Å². The van der Waals surface area contributed by atoms with E-state index >= 15 is 0 Å². The molecule has 1 N–H and O–H groups in total. The van der Waals surface area contributed by atoms with E-state index in [4.69, 9.17) is 4.74 Å². The number of hydrogen-bond acceptors (Lipinski definition) is 7. The summed E-state index contributed by atoms with van der Waals surface area (Å²) in [7, 11) is 0. The van der Waals surface area contributed by atoms with Crippen LogP contribution in [0, 0.1) is 5.82 Å². The zero-order chi connectivity index (χ0) is 23.8. The lowest BCUT2D eigenvalue weighted by Crippen LogP contribution is -2.47. The molecule has 2 heterocycles. The van der Waals surface area contributed by atoms with E-state index in [9.17, 15) is 9.18 Å². The Morgan fingerprint density at radius 3 is 2.44 bits per heavy atom. The van der Waals surface area contributed by atoms with Gasteiger partial charge in [0.25, 0.3) is 0 Å². The third-order valence-electron chi connectivity index (χ3n) is 5.49. The van der Waals surface area contributed by atoms with Crippen molar-refractivity contribution in [2.24, 2.45) is 0 Å². The number of amides is 1. The van der Waals surface area contributed by atoms with Crippen molar-refractivity contribution < 1.29 is 13.9 Å². The number of nitrogens with one attached hydrogen (secondary N) is 1. The van der Waals surface area contributed by atoms with E-state index in [1.807, 2.05) is 37.3 Å². The summed E-state index contributed by atoms with van der Waals surface area (Å²) in [4.78, 5) is 16.7. The molecule has 34 heavy (non-hydrogen) atoms. The number of anilines is 2. The third kappa shape index (κ3) is 6.38. The summed E-state index contributed by atoms with van der Waals surface area (Å²) < 4.78 is 18.7. The van der Waals surface area contributed by atoms with Crippen LogP contribution in [0.15, 0.2) is 65.7 Å². The topological polar surface area (TPSA) is 70.6 Å². The lowest BCUT2D eigenvalue weighted by Gasteiger charge is -2.37. The van der Waals surface area contributed by atoms with Gasteiger partial charge in [0.2, 0.25) is 5.91 Å². The molecular formula is C25H28FN5O2S. The molecule has 0 unspecified atom stereocenters. The van der Waals surface area contributed by atoms with Crippen molar-refractivity contribution in [1.29, 1.82) is 0 Å². The smallest absolute Gasteiger partial charge is 0.230 e. The summed E-state index contributed by atoms with van der Waals surface area (Å²) in [6.45, 7) is 6.43. The maximum atomic E-state index is 13.0. The maximum absolute atomic E-state index is 13.0. The number of nitrogens with zero attached hydrogens (tertiary/aromatic N) is 4. The molecule has 1 amide bonds. The van der Waals surface area contributed by atoms with Crippen molar-refractivity contribution in [2.45, 2.75) is 18.5 Å². The highest BCUT2D eigenvalue weighted by Crippen LogP contribution is 2.29. The average molecular weight is 482 g/mol. The van der Waals surface area contributed by atoms with Crippen LogP contribution in [0.1, 0.15) is 12.5 Å². The molecule has 0 atom stereocenters. The summed E-state index contributed by atoms with van der Waals surface area (Å²) in [6.07, 6.45) is 0. The number of piperazine rings is 1. The number of ether oxygens (including phenoxy) is 1. The first-order valence-electron chi connectivity index (χ1n) is 11.3. The Morgan fingerprint density at radius 2 is 1.74 bits per heavy atom. The molecule has 2 aromatic carbocycles. The lowest BCUT2D eigenvalue weighted by molar-refractivity contribution is -0.118. The Hall–Kier alpha value is -3.33. The highest BCUT2D eigenvalue weighted by atomic mass is 32.2. The summed E-state index contributed by atoms with van der Waals surface area (Å²) >= 11 is 1.34. The van der Waals surface area contributed by atoms with Gasteiger partial charge in [-0.15, -0.1) is 10.2 Å². The highest BCUT2D eigenvalue weighted by Gasteiger charge is 2.21. The first-order valence-corrected chi connectivity index (χ1v) is 12.3. The SMILES string of the molecule is CCOc1ccccc1N1CCN(c2ccc(SCC(=O)NCc3ccc(F)cc3)nn2)CC1. The first-order chi connectivity index (χ1) is 16.6. The molecule has 1 aromatic heterocycles. The quantitative estimate of drug-likeness (QED) is 0.467. The van der Waals surface area contributed by atoms with Gasteiger partial charge in [-0.05, 0) is 48.9 Å². The van der Waals surface area contributed by atoms with Gasteiger partial charge in [-0.3, -0.25) is 4.79 Å². The molecule has 9 heteroatoms. The van der Waals surface area contributed by atoms with Gasteiger partial charge in [0, 0.05) is 32.7 Å². The molecule has 1 fully saturated rings. The molecule has 178 valence electrons. The fraction of sp³-hybridized carbons (Fsp3) is 0.320. The van der Waals surface area contributed by atoms with Gasteiger partial charge in [0.1, 0.15) is 16.6 Å². The van der Waals surface area contributed by atoms with Crippen LogP contribution in [0.2, 0.25) is 0 Å². The van der Waals surface area contributed by atoms with Crippen LogP contribution in [0.25, 0.3) is 0 Å². The van der Waals surface area contributed by atoms with Gasteiger partial charge >= 0.3 is 0 Å². The summed E-state index contributed by atoms with van der Waals surface area (Å²) in [5.41, 5.74) is 1.98. The zero-order valence-electron chi connectivity index (χ0n) is 19.1. The number of benzene rings is 2. The number of carbonyl (C=O) groups excluding carboxylic acids is 1. The number of aromatic nitrogens is 2. The number of halogens is 1. The van der Waals surface area contributed by atoms with E-state index < -0.39 is 0 Å². The van der Waals surface area contributed by atoms with E-state index in [1.165, 1.54) is 23.9 Å². The van der Waals surface area contributed by atoms with Gasteiger partial charge in [-0.1, -0.05) is 36.0 Å². The van der Waals surface area contributed by atoms with E-state index in [2.05, 4.69) is 31.4 Å². The second kappa shape index (κ2) is 11.7. The molecule has 7 nitrogen and oxygen atoms in total. The monoisotopic (exact) mass is 481 g/mol. The summed E-state index contributed by atoms with van der Waals surface area (Å²) in [5.74, 6) is 1.60. The number of para-hydroxylation sites is 2. The second-order valence-corrected chi connectivity index (χ2v) is 8.79. The number of rotatable bonds is 9. The summed E-state index contributed by atoms with van der Waals surface area (Å²) in [5, 5.41) is 12.2. The van der Waals surface area contributed by atoms with Crippen LogP contribution in [0.5, 0.6) is 5.75 Å². The van der Waals surface area contributed by atoms with Gasteiger partial charge < -0.3 is 19.9 Å². The molecule has 1 aliphatic heterocycles. The van der Waals surface area contributed by atoms with Crippen LogP contribution in [0.4, 0.5) is 15.9 Å². The Bertz CT molecular complexity index is 1070. The molecule has 1 aliphatic rings. The average Bonchev–Trinajstić information content (AvgIpc) is 2.88. The Balaban J connectivity index is 1.23. The van der Waals surface area contributed by atoms with Crippen molar-refractivity contribution in [2.75, 3.05) is 48.3 Å². The third-order valence-corrected chi connectivity index (χ3v) is 6.41.